The maximum atomic E-state index is 11.6. The van der Waals surface area contributed by atoms with E-state index in [0.717, 1.165) is 25.7 Å². The Morgan fingerprint density at radius 3 is 3.07 bits per heavy atom. The minimum Gasteiger partial charge on any atom is -0.435 e. The fourth-order valence-electron chi connectivity index (χ4n) is 1.38. The molecule has 14 heavy (non-hydrogen) atoms. The highest BCUT2D eigenvalue weighted by Gasteiger charge is 2.24. The lowest BCUT2D eigenvalue weighted by molar-refractivity contribution is -0.169. The van der Waals surface area contributed by atoms with Crippen molar-refractivity contribution in [3.05, 3.63) is 0 Å². The van der Waals surface area contributed by atoms with Crippen LogP contribution >= 0.6 is 20.0 Å². The van der Waals surface area contributed by atoms with Crippen LogP contribution < -0.4 is 0 Å². The second-order valence-corrected chi connectivity index (χ2v) is 5.08. The number of hydrogen-bond acceptors (Lipinski definition) is 4. The van der Waals surface area contributed by atoms with E-state index in [1.54, 1.807) is 0 Å². The van der Waals surface area contributed by atoms with E-state index in [-0.39, 0.29) is 17.9 Å². The van der Waals surface area contributed by atoms with Crippen molar-refractivity contribution in [3.63, 3.8) is 0 Å². The smallest absolute Gasteiger partial charge is 0.316 e. The summed E-state index contributed by atoms with van der Waals surface area (Å²) in [4.78, 5) is 11.6. The Labute approximate surface area is 91.9 Å². The van der Waals surface area contributed by atoms with Crippen molar-refractivity contribution < 1.29 is 14.3 Å². The SMILES string of the molecule is CCCC(PS)C(=O)OC1CCCO1. The quantitative estimate of drug-likeness (QED) is 0.452. The number of carbonyl (C=O) groups excluding carboxylic acids is 1. The van der Waals surface area contributed by atoms with Crippen LogP contribution in [0, 0.1) is 0 Å². The van der Waals surface area contributed by atoms with Crippen LogP contribution in [-0.2, 0) is 14.3 Å². The zero-order chi connectivity index (χ0) is 10.4. The van der Waals surface area contributed by atoms with Crippen LogP contribution in [0.2, 0.25) is 0 Å². The third-order valence-corrected chi connectivity index (χ3v) is 3.92. The van der Waals surface area contributed by atoms with Crippen LogP contribution in [0.1, 0.15) is 32.6 Å². The summed E-state index contributed by atoms with van der Waals surface area (Å²) < 4.78 is 10.4. The van der Waals surface area contributed by atoms with Gasteiger partial charge < -0.3 is 9.47 Å². The molecule has 0 aromatic carbocycles. The molecular weight excluding hydrogens is 219 g/mol. The molecule has 0 aromatic heterocycles. The van der Waals surface area contributed by atoms with Crippen LogP contribution in [0.4, 0.5) is 0 Å². The standard InChI is InChI=1S/C9H17O3PS/c1-2-4-7(13-14)9(10)12-8-5-3-6-11-8/h7-8,13-14H,2-6H2,1H3. The average Bonchev–Trinajstić information content (AvgIpc) is 2.66. The Morgan fingerprint density at radius 2 is 2.57 bits per heavy atom. The Morgan fingerprint density at radius 1 is 1.79 bits per heavy atom. The Hall–Kier alpha value is 0.210. The van der Waals surface area contributed by atoms with Crippen molar-refractivity contribution in [2.24, 2.45) is 0 Å². The van der Waals surface area contributed by atoms with Crippen molar-refractivity contribution in [1.29, 1.82) is 0 Å². The van der Waals surface area contributed by atoms with Gasteiger partial charge in [-0.25, -0.2) is 0 Å². The second-order valence-electron chi connectivity index (χ2n) is 3.35. The lowest BCUT2D eigenvalue weighted by Crippen LogP contribution is -2.24. The van der Waals surface area contributed by atoms with Gasteiger partial charge in [0.1, 0.15) is 0 Å². The molecule has 0 aromatic rings. The Bertz CT molecular complexity index is 183. The van der Waals surface area contributed by atoms with Crippen LogP contribution in [0.25, 0.3) is 0 Å². The molecule has 1 aliphatic heterocycles. The molecule has 1 fully saturated rings. The summed E-state index contributed by atoms with van der Waals surface area (Å²) in [6.45, 7) is 2.76. The largest absolute Gasteiger partial charge is 0.435 e. The first kappa shape index (κ1) is 12.3. The summed E-state index contributed by atoms with van der Waals surface area (Å²) >= 11 is 4.17. The van der Waals surface area contributed by atoms with Gasteiger partial charge in [0.2, 0.25) is 6.29 Å². The number of rotatable bonds is 5. The summed E-state index contributed by atoms with van der Waals surface area (Å²) in [6.07, 6.45) is 3.36. The van der Waals surface area contributed by atoms with Crippen LogP contribution in [0.3, 0.4) is 0 Å². The Kier molecular flexibility index (Phi) is 5.83. The molecule has 1 aliphatic rings. The van der Waals surface area contributed by atoms with Crippen molar-refractivity contribution in [1.82, 2.24) is 0 Å². The van der Waals surface area contributed by atoms with E-state index in [1.165, 1.54) is 0 Å². The summed E-state index contributed by atoms with van der Waals surface area (Å²) in [5, 5.41) is 0. The summed E-state index contributed by atoms with van der Waals surface area (Å²) in [5.41, 5.74) is -0.0486. The summed E-state index contributed by atoms with van der Waals surface area (Å²) in [7, 11) is 0.323. The zero-order valence-electron chi connectivity index (χ0n) is 8.36. The van der Waals surface area contributed by atoms with Gasteiger partial charge in [0, 0.05) is 6.42 Å². The van der Waals surface area contributed by atoms with Crippen LogP contribution in [0.5, 0.6) is 0 Å². The molecule has 3 nitrogen and oxygen atoms in total. The molecule has 0 amide bonds. The lowest BCUT2D eigenvalue weighted by atomic mass is 10.2. The minimum absolute atomic E-state index is 0.0486. The van der Waals surface area contributed by atoms with Crippen LogP contribution in [-0.4, -0.2) is 24.5 Å². The van der Waals surface area contributed by atoms with E-state index in [0.29, 0.717) is 14.4 Å². The third-order valence-electron chi connectivity index (χ3n) is 2.15. The molecule has 0 saturated carbocycles. The molecular formula is C9H17O3PS. The molecule has 0 bridgehead atoms. The maximum absolute atomic E-state index is 11.6. The van der Waals surface area contributed by atoms with Gasteiger partial charge in [-0.2, -0.15) is 12.2 Å². The highest BCUT2D eigenvalue weighted by atomic mass is 32.7. The molecule has 0 aliphatic carbocycles. The number of esters is 1. The van der Waals surface area contributed by atoms with E-state index in [4.69, 9.17) is 9.47 Å². The van der Waals surface area contributed by atoms with Gasteiger partial charge in [-0.05, 0) is 12.8 Å². The summed E-state index contributed by atoms with van der Waals surface area (Å²) in [5.74, 6) is -0.146. The first-order valence-corrected chi connectivity index (χ1v) is 7.36. The van der Waals surface area contributed by atoms with Gasteiger partial charge in [-0.15, -0.1) is 0 Å². The van der Waals surface area contributed by atoms with Gasteiger partial charge in [0.05, 0.1) is 12.3 Å². The number of hydrogen-bond donors (Lipinski definition) is 1. The third kappa shape index (κ3) is 3.76. The molecule has 0 radical (unpaired) electrons. The van der Waals surface area contributed by atoms with Crippen LogP contribution in [0.15, 0.2) is 0 Å². The first-order valence-electron chi connectivity index (χ1n) is 4.99. The molecule has 82 valence electrons. The topological polar surface area (TPSA) is 35.5 Å². The zero-order valence-corrected chi connectivity index (χ0v) is 10.3. The second kappa shape index (κ2) is 6.65. The highest BCUT2D eigenvalue weighted by molar-refractivity contribution is 8.38. The summed E-state index contributed by atoms with van der Waals surface area (Å²) in [6, 6.07) is 0. The van der Waals surface area contributed by atoms with E-state index >= 15 is 0 Å². The number of carbonyl (C=O) groups is 1. The van der Waals surface area contributed by atoms with Gasteiger partial charge in [0.25, 0.3) is 0 Å². The van der Waals surface area contributed by atoms with Gasteiger partial charge >= 0.3 is 5.97 Å². The van der Waals surface area contributed by atoms with Crippen molar-refractivity contribution >= 4 is 26.0 Å². The van der Waals surface area contributed by atoms with E-state index in [9.17, 15) is 4.79 Å². The molecule has 5 heteroatoms. The lowest BCUT2D eigenvalue weighted by Gasteiger charge is -2.16. The van der Waals surface area contributed by atoms with Crippen molar-refractivity contribution in [2.45, 2.75) is 44.6 Å². The van der Waals surface area contributed by atoms with E-state index in [2.05, 4.69) is 19.2 Å². The number of thiol groups is 1. The molecule has 1 rings (SSSR count). The molecule has 0 N–H and O–H groups in total. The highest BCUT2D eigenvalue weighted by Crippen LogP contribution is 2.29. The fraction of sp³-hybridized carbons (Fsp3) is 0.889. The molecule has 3 unspecified atom stereocenters. The number of ether oxygens (including phenoxy) is 2. The van der Waals surface area contributed by atoms with E-state index < -0.39 is 0 Å². The fourth-order valence-corrected chi connectivity index (χ4v) is 2.67. The average molecular weight is 236 g/mol. The van der Waals surface area contributed by atoms with Gasteiger partial charge in [-0.3, -0.25) is 4.79 Å². The molecule has 1 saturated heterocycles. The van der Waals surface area contributed by atoms with Gasteiger partial charge in [-0.1, -0.05) is 21.1 Å². The first-order chi connectivity index (χ1) is 6.77. The van der Waals surface area contributed by atoms with Crippen molar-refractivity contribution in [3.8, 4) is 0 Å². The predicted molar refractivity (Wildman–Crippen MR) is 61.1 cm³/mol. The molecule has 1 heterocycles. The molecule has 0 spiro atoms. The minimum atomic E-state index is -0.300. The van der Waals surface area contributed by atoms with Gasteiger partial charge in [0.15, 0.2) is 0 Å². The normalized spacial score (nSPS) is 24.3. The monoisotopic (exact) mass is 236 g/mol. The van der Waals surface area contributed by atoms with E-state index in [1.807, 2.05) is 0 Å². The predicted octanol–water partition coefficient (Wildman–Crippen LogP) is 2.36. The maximum Gasteiger partial charge on any atom is 0.316 e. The Balaban J connectivity index is 2.30. The molecule has 3 atom stereocenters. The van der Waals surface area contributed by atoms with Crippen molar-refractivity contribution in [2.75, 3.05) is 6.61 Å².